The number of rotatable bonds is 10. The van der Waals surface area contributed by atoms with Crippen LogP contribution in [-0.2, 0) is 24.2 Å². The number of aliphatic carboxylic acids is 1. The fourth-order valence-corrected chi connectivity index (χ4v) is 5.66. The maximum atomic E-state index is 12.9. The average Bonchev–Trinajstić information content (AvgIpc) is 2.54. The topological polar surface area (TPSA) is 110 Å². The van der Waals surface area contributed by atoms with Crippen LogP contribution < -0.4 is 5.32 Å². The van der Waals surface area contributed by atoms with Gasteiger partial charge in [-0.2, -0.15) is 0 Å². The van der Waals surface area contributed by atoms with Crippen LogP contribution in [0.5, 0.6) is 0 Å². The number of amides is 1. The van der Waals surface area contributed by atoms with Gasteiger partial charge in [-0.05, 0) is 18.8 Å². The highest BCUT2D eigenvalue weighted by Gasteiger charge is 2.42. The van der Waals surface area contributed by atoms with Crippen molar-refractivity contribution in [1.29, 1.82) is 0 Å². The Labute approximate surface area is 149 Å². The number of carboxylic acid groups (broad SMARTS) is 1. The molecule has 0 spiro atoms. The average molecular weight is 375 g/mol. The van der Waals surface area contributed by atoms with Crippen LogP contribution >= 0.6 is 0 Å². The monoisotopic (exact) mass is 375 g/mol. The van der Waals surface area contributed by atoms with Crippen molar-refractivity contribution in [3.63, 3.8) is 0 Å². The molecule has 2 unspecified atom stereocenters. The molecule has 0 radical (unpaired) electrons. The van der Waals surface area contributed by atoms with Gasteiger partial charge in [-0.1, -0.05) is 39.2 Å². The summed E-state index contributed by atoms with van der Waals surface area (Å²) in [7, 11) is -3.68. The van der Waals surface area contributed by atoms with Crippen LogP contribution in [0.2, 0.25) is 0 Å². The predicted octanol–water partition coefficient (Wildman–Crippen LogP) is 1.53. The van der Waals surface area contributed by atoms with Crippen LogP contribution in [0.4, 0.5) is 0 Å². The Balaban J connectivity index is 2.90. The van der Waals surface area contributed by atoms with E-state index in [1.165, 1.54) is 6.08 Å². The van der Waals surface area contributed by atoms with Crippen molar-refractivity contribution in [1.82, 2.24) is 5.32 Å². The molecular weight excluding hydrogens is 346 g/mol. The molecule has 1 aliphatic carbocycles. The van der Waals surface area contributed by atoms with E-state index in [9.17, 15) is 23.1 Å². The summed E-state index contributed by atoms with van der Waals surface area (Å²) in [5.74, 6) is -2.49. The highest BCUT2D eigenvalue weighted by atomic mass is 32.2. The van der Waals surface area contributed by atoms with E-state index < -0.39 is 44.2 Å². The van der Waals surface area contributed by atoms with Crippen LogP contribution in [0.15, 0.2) is 12.7 Å². The SMILES string of the molecule is C=CCOCC(NC(=O)C(C(C)C)S(=O)(=O)C1CCCCC1)C(=O)O. The number of carboxylic acids is 1. The van der Waals surface area contributed by atoms with Crippen molar-refractivity contribution in [3.8, 4) is 0 Å². The molecule has 7 nitrogen and oxygen atoms in total. The van der Waals surface area contributed by atoms with Gasteiger partial charge in [0.15, 0.2) is 15.9 Å². The van der Waals surface area contributed by atoms with Crippen LogP contribution in [0, 0.1) is 5.92 Å². The molecule has 0 saturated heterocycles. The Kier molecular flexibility index (Phi) is 8.58. The minimum atomic E-state index is -3.68. The minimum Gasteiger partial charge on any atom is -0.480 e. The summed E-state index contributed by atoms with van der Waals surface area (Å²) in [6, 6.07) is -1.30. The molecule has 2 atom stereocenters. The van der Waals surface area contributed by atoms with Crippen molar-refractivity contribution >= 4 is 21.7 Å². The highest BCUT2D eigenvalue weighted by molar-refractivity contribution is 7.93. The van der Waals surface area contributed by atoms with Crippen LogP contribution in [0.3, 0.4) is 0 Å². The first-order chi connectivity index (χ1) is 11.7. The highest BCUT2D eigenvalue weighted by Crippen LogP contribution is 2.29. The van der Waals surface area contributed by atoms with E-state index >= 15 is 0 Å². The quantitative estimate of drug-likeness (QED) is 0.443. The lowest BCUT2D eigenvalue weighted by molar-refractivity contribution is -0.143. The summed E-state index contributed by atoms with van der Waals surface area (Å²) < 4.78 is 30.9. The van der Waals surface area contributed by atoms with E-state index in [2.05, 4.69) is 11.9 Å². The largest absolute Gasteiger partial charge is 0.480 e. The zero-order valence-corrected chi connectivity index (χ0v) is 15.8. The van der Waals surface area contributed by atoms with Crippen molar-refractivity contribution in [3.05, 3.63) is 12.7 Å². The fraction of sp³-hybridized carbons (Fsp3) is 0.765. The molecule has 2 N–H and O–H groups in total. The van der Waals surface area contributed by atoms with Gasteiger partial charge in [0.2, 0.25) is 5.91 Å². The molecule has 0 aromatic carbocycles. The molecule has 0 aromatic heterocycles. The Hall–Kier alpha value is -1.41. The van der Waals surface area contributed by atoms with E-state index in [1.807, 2.05) is 0 Å². The molecule has 25 heavy (non-hydrogen) atoms. The molecule has 0 aliphatic heterocycles. The second kappa shape index (κ2) is 9.91. The van der Waals surface area contributed by atoms with E-state index in [4.69, 9.17) is 4.74 Å². The van der Waals surface area contributed by atoms with Crippen LogP contribution in [0.1, 0.15) is 46.0 Å². The summed E-state index contributed by atoms with van der Waals surface area (Å²) in [5, 5.41) is 9.77. The summed E-state index contributed by atoms with van der Waals surface area (Å²) in [6.45, 7) is 6.68. The Morgan fingerprint density at radius 1 is 1.28 bits per heavy atom. The molecule has 1 rings (SSSR count). The normalized spacial score (nSPS) is 18.5. The van der Waals surface area contributed by atoms with Crippen molar-refractivity contribution in [2.75, 3.05) is 13.2 Å². The molecule has 1 saturated carbocycles. The van der Waals surface area contributed by atoms with E-state index in [0.29, 0.717) is 12.8 Å². The molecule has 1 aliphatic rings. The summed E-state index contributed by atoms with van der Waals surface area (Å²) in [4.78, 5) is 23.9. The van der Waals surface area contributed by atoms with Gasteiger partial charge in [0.1, 0.15) is 5.25 Å². The lowest BCUT2D eigenvalue weighted by Gasteiger charge is -2.29. The van der Waals surface area contributed by atoms with Gasteiger partial charge in [0.05, 0.1) is 18.5 Å². The number of carbonyl (C=O) groups excluding carboxylic acids is 1. The number of hydrogen-bond acceptors (Lipinski definition) is 5. The third-order valence-electron chi connectivity index (χ3n) is 4.37. The molecule has 144 valence electrons. The van der Waals surface area contributed by atoms with Gasteiger partial charge in [-0.25, -0.2) is 13.2 Å². The Morgan fingerprint density at radius 2 is 1.88 bits per heavy atom. The second-order valence-corrected chi connectivity index (χ2v) is 9.09. The molecule has 0 bridgehead atoms. The van der Waals surface area contributed by atoms with Crippen molar-refractivity contribution < 1.29 is 27.9 Å². The van der Waals surface area contributed by atoms with Gasteiger partial charge in [-0.15, -0.1) is 6.58 Å². The van der Waals surface area contributed by atoms with Gasteiger partial charge < -0.3 is 15.2 Å². The van der Waals surface area contributed by atoms with Crippen molar-refractivity contribution in [2.24, 2.45) is 5.92 Å². The van der Waals surface area contributed by atoms with Gasteiger partial charge >= 0.3 is 5.97 Å². The van der Waals surface area contributed by atoms with E-state index in [0.717, 1.165) is 19.3 Å². The first kappa shape index (κ1) is 21.6. The van der Waals surface area contributed by atoms with Gasteiger partial charge in [0, 0.05) is 0 Å². The maximum absolute atomic E-state index is 12.9. The standard InChI is InChI=1S/C17H29NO6S/c1-4-10-24-11-14(17(20)21)18-16(19)15(12(2)3)25(22,23)13-8-6-5-7-9-13/h4,12-15H,1,5-11H2,2-3H3,(H,18,19)(H,20,21). The molecule has 0 heterocycles. The lowest BCUT2D eigenvalue weighted by atomic mass is 10.0. The summed E-state index contributed by atoms with van der Waals surface area (Å²) >= 11 is 0. The second-order valence-electron chi connectivity index (χ2n) is 6.74. The first-order valence-corrected chi connectivity index (χ1v) is 10.3. The Morgan fingerprint density at radius 3 is 2.36 bits per heavy atom. The zero-order valence-electron chi connectivity index (χ0n) is 14.9. The molecule has 1 amide bonds. The molecule has 1 fully saturated rings. The number of hydrogen-bond donors (Lipinski definition) is 2. The fourth-order valence-electron chi connectivity index (χ4n) is 3.13. The van der Waals surface area contributed by atoms with Gasteiger partial charge in [-0.3, -0.25) is 4.79 Å². The zero-order chi connectivity index (χ0) is 19.0. The predicted molar refractivity (Wildman–Crippen MR) is 95.0 cm³/mol. The number of sulfone groups is 1. The smallest absolute Gasteiger partial charge is 0.328 e. The maximum Gasteiger partial charge on any atom is 0.328 e. The van der Waals surface area contributed by atoms with Crippen molar-refractivity contribution in [2.45, 2.75) is 62.5 Å². The molecule has 0 aromatic rings. The first-order valence-electron chi connectivity index (χ1n) is 8.66. The van der Waals surface area contributed by atoms with E-state index in [-0.39, 0.29) is 13.2 Å². The molecular formula is C17H29NO6S. The van der Waals surface area contributed by atoms with Crippen LogP contribution in [0.25, 0.3) is 0 Å². The minimum absolute atomic E-state index is 0.146. The number of nitrogens with one attached hydrogen (secondary N) is 1. The summed E-state index contributed by atoms with van der Waals surface area (Å²) in [5.41, 5.74) is 0. The van der Waals surface area contributed by atoms with Gasteiger partial charge in [0.25, 0.3) is 0 Å². The lowest BCUT2D eigenvalue weighted by Crippen LogP contribution is -2.53. The molecule has 8 heteroatoms. The number of ether oxygens (including phenoxy) is 1. The summed E-state index contributed by atoms with van der Waals surface area (Å²) in [6.07, 6.45) is 5.26. The number of carbonyl (C=O) groups is 2. The third-order valence-corrected chi connectivity index (χ3v) is 7.24. The van der Waals surface area contributed by atoms with Crippen LogP contribution in [-0.4, -0.2) is 55.2 Å². The van der Waals surface area contributed by atoms with E-state index in [1.54, 1.807) is 13.8 Å². The third kappa shape index (κ3) is 6.11. The Bertz CT molecular complexity index is 566.